The van der Waals surface area contributed by atoms with Crippen molar-refractivity contribution in [1.82, 2.24) is 4.98 Å². The highest BCUT2D eigenvalue weighted by atomic mass is 16.3. The summed E-state index contributed by atoms with van der Waals surface area (Å²) in [7, 11) is 0. The molecule has 0 saturated carbocycles. The van der Waals surface area contributed by atoms with E-state index in [1.165, 1.54) is 18.0 Å². The Kier molecular flexibility index (Phi) is 4.21. The number of carbonyl (C=O) groups is 1. The van der Waals surface area contributed by atoms with Gasteiger partial charge in [0.25, 0.3) is 0 Å². The third-order valence-electron chi connectivity index (χ3n) is 3.80. The summed E-state index contributed by atoms with van der Waals surface area (Å²) >= 11 is 0. The first-order valence-corrected chi connectivity index (χ1v) is 7.85. The minimum atomic E-state index is -0.186. The Morgan fingerprint density at radius 1 is 1.12 bits per heavy atom. The summed E-state index contributed by atoms with van der Waals surface area (Å²) in [5, 5.41) is 2.82. The zero-order chi connectivity index (χ0) is 17.2. The monoisotopic (exact) mass is 320 g/mol. The predicted octanol–water partition coefficient (Wildman–Crippen LogP) is 4.78. The summed E-state index contributed by atoms with van der Waals surface area (Å²) < 4.78 is 5.23. The van der Waals surface area contributed by atoms with Crippen molar-refractivity contribution in [2.45, 2.75) is 26.2 Å². The largest absolute Gasteiger partial charge is 0.443 e. The Bertz CT molecular complexity index is 884. The first-order chi connectivity index (χ1) is 11.4. The van der Waals surface area contributed by atoms with E-state index < -0.39 is 0 Å². The van der Waals surface area contributed by atoms with Gasteiger partial charge >= 0.3 is 0 Å². The predicted molar refractivity (Wildman–Crippen MR) is 96.8 cm³/mol. The van der Waals surface area contributed by atoms with Gasteiger partial charge in [0.15, 0.2) is 12.0 Å². The summed E-state index contributed by atoms with van der Waals surface area (Å²) in [5.74, 6) is -0.186. The van der Waals surface area contributed by atoms with E-state index >= 15 is 0 Å². The number of aromatic nitrogens is 1. The molecule has 3 rings (SSSR count). The fourth-order valence-electron chi connectivity index (χ4n) is 2.38. The van der Waals surface area contributed by atoms with E-state index in [1.54, 1.807) is 18.2 Å². The summed E-state index contributed by atoms with van der Waals surface area (Å²) in [6.07, 6.45) is 4.71. The summed E-state index contributed by atoms with van der Waals surface area (Å²) in [4.78, 5) is 16.1. The summed E-state index contributed by atoms with van der Waals surface area (Å²) in [5.41, 5.74) is 4.47. The van der Waals surface area contributed by atoms with Crippen molar-refractivity contribution in [3.05, 3.63) is 66.1 Å². The van der Waals surface area contributed by atoms with Gasteiger partial charge in [0.05, 0.1) is 0 Å². The maximum absolute atomic E-state index is 12.0. The topological polar surface area (TPSA) is 55.1 Å². The number of rotatable bonds is 3. The van der Waals surface area contributed by atoms with Crippen molar-refractivity contribution in [3.8, 4) is 0 Å². The van der Waals surface area contributed by atoms with Crippen LogP contribution < -0.4 is 5.32 Å². The van der Waals surface area contributed by atoms with E-state index in [2.05, 4.69) is 43.2 Å². The van der Waals surface area contributed by atoms with Gasteiger partial charge in [0, 0.05) is 17.8 Å². The molecule has 0 aliphatic rings. The maximum atomic E-state index is 12.0. The average Bonchev–Trinajstić information content (AvgIpc) is 3.00. The zero-order valence-electron chi connectivity index (χ0n) is 14.0. The van der Waals surface area contributed by atoms with Gasteiger partial charge in [0.2, 0.25) is 5.91 Å². The lowest BCUT2D eigenvalue weighted by Gasteiger charge is -2.18. The number of hydrogen-bond donors (Lipinski definition) is 1. The maximum Gasteiger partial charge on any atom is 0.248 e. The van der Waals surface area contributed by atoms with Crippen LogP contribution in [0.4, 0.5) is 5.69 Å². The molecule has 0 bridgehead atoms. The van der Waals surface area contributed by atoms with E-state index in [-0.39, 0.29) is 11.3 Å². The van der Waals surface area contributed by atoms with E-state index in [4.69, 9.17) is 4.42 Å². The quantitative estimate of drug-likeness (QED) is 0.707. The molecule has 1 amide bonds. The highest BCUT2D eigenvalue weighted by molar-refractivity contribution is 6.02. The number of nitrogens with zero attached hydrogens (tertiary/aromatic N) is 1. The van der Waals surface area contributed by atoms with Crippen molar-refractivity contribution >= 4 is 28.8 Å². The minimum absolute atomic E-state index is 0.124. The lowest BCUT2D eigenvalue weighted by molar-refractivity contribution is -0.111. The smallest absolute Gasteiger partial charge is 0.248 e. The highest BCUT2D eigenvalue weighted by Gasteiger charge is 2.12. The number of anilines is 1. The normalized spacial score (nSPS) is 12.0. The third-order valence-corrected chi connectivity index (χ3v) is 3.80. The van der Waals surface area contributed by atoms with Crippen molar-refractivity contribution < 1.29 is 9.21 Å². The van der Waals surface area contributed by atoms with Crippen LogP contribution in [-0.2, 0) is 10.2 Å². The third kappa shape index (κ3) is 3.71. The molecule has 122 valence electrons. The van der Waals surface area contributed by atoms with Crippen LogP contribution in [0.15, 0.2) is 59.4 Å². The Labute approximate surface area is 141 Å². The van der Waals surface area contributed by atoms with Gasteiger partial charge in [-0.2, -0.15) is 0 Å². The van der Waals surface area contributed by atoms with Gasteiger partial charge in [-0.05, 0) is 34.8 Å². The standard InChI is InChI=1S/C20H20N2O2/c1-20(2,3)15-7-4-14(5-8-15)6-11-19(23)22-16-9-10-17-18(12-16)24-13-21-17/h4-13H,1-3H3,(H,22,23). The van der Waals surface area contributed by atoms with Crippen LogP contribution in [0.3, 0.4) is 0 Å². The SMILES string of the molecule is CC(C)(C)c1ccc(C=CC(=O)Nc2ccc3ncoc3c2)cc1. The molecule has 3 aromatic rings. The molecule has 0 spiro atoms. The molecule has 0 saturated heterocycles. The van der Waals surface area contributed by atoms with Crippen molar-refractivity contribution in [2.75, 3.05) is 5.32 Å². The Morgan fingerprint density at radius 2 is 1.88 bits per heavy atom. The molecule has 0 atom stereocenters. The van der Waals surface area contributed by atoms with Gasteiger partial charge in [-0.3, -0.25) is 4.79 Å². The van der Waals surface area contributed by atoms with E-state index in [0.29, 0.717) is 11.3 Å². The number of nitrogens with one attached hydrogen (secondary N) is 1. The molecule has 0 unspecified atom stereocenters. The Hall–Kier alpha value is -2.88. The lowest BCUT2D eigenvalue weighted by atomic mass is 9.87. The van der Waals surface area contributed by atoms with E-state index in [0.717, 1.165) is 11.1 Å². The Morgan fingerprint density at radius 3 is 2.58 bits per heavy atom. The summed E-state index contributed by atoms with van der Waals surface area (Å²) in [6, 6.07) is 13.6. The number of fused-ring (bicyclic) bond motifs is 1. The van der Waals surface area contributed by atoms with Crippen LogP contribution >= 0.6 is 0 Å². The first-order valence-electron chi connectivity index (χ1n) is 7.85. The molecular formula is C20H20N2O2. The van der Waals surface area contributed by atoms with Gasteiger partial charge in [0.1, 0.15) is 5.52 Å². The second-order valence-electron chi connectivity index (χ2n) is 6.73. The number of amides is 1. The first kappa shape index (κ1) is 16.0. The number of oxazole rings is 1. The van der Waals surface area contributed by atoms with Crippen LogP contribution in [0.1, 0.15) is 31.9 Å². The molecule has 0 radical (unpaired) electrons. The molecule has 1 heterocycles. The molecular weight excluding hydrogens is 300 g/mol. The van der Waals surface area contributed by atoms with Gasteiger partial charge in [-0.1, -0.05) is 45.0 Å². The second-order valence-corrected chi connectivity index (χ2v) is 6.73. The molecule has 2 aromatic carbocycles. The lowest BCUT2D eigenvalue weighted by Crippen LogP contribution is -2.10. The fourth-order valence-corrected chi connectivity index (χ4v) is 2.38. The van der Waals surface area contributed by atoms with Crippen LogP contribution in [0, 0.1) is 0 Å². The zero-order valence-corrected chi connectivity index (χ0v) is 14.0. The number of hydrogen-bond acceptors (Lipinski definition) is 3. The van der Waals surface area contributed by atoms with Crippen molar-refractivity contribution in [2.24, 2.45) is 0 Å². The van der Waals surface area contributed by atoms with Gasteiger partial charge in [-0.25, -0.2) is 4.98 Å². The second kappa shape index (κ2) is 6.32. The molecule has 0 aliphatic heterocycles. The number of benzene rings is 2. The van der Waals surface area contributed by atoms with Crippen LogP contribution in [0.2, 0.25) is 0 Å². The van der Waals surface area contributed by atoms with E-state index in [9.17, 15) is 4.79 Å². The van der Waals surface area contributed by atoms with Crippen molar-refractivity contribution in [1.29, 1.82) is 0 Å². The fraction of sp³-hybridized carbons (Fsp3) is 0.200. The number of carbonyl (C=O) groups excluding carboxylic acids is 1. The summed E-state index contributed by atoms with van der Waals surface area (Å²) in [6.45, 7) is 6.53. The van der Waals surface area contributed by atoms with Gasteiger partial charge < -0.3 is 9.73 Å². The molecule has 24 heavy (non-hydrogen) atoms. The molecule has 4 nitrogen and oxygen atoms in total. The average molecular weight is 320 g/mol. The molecule has 0 fully saturated rings. The van der Waals surface area contributed by atoms with Crippen LogP contribution in [-0.4, -0.2) is 10.9 Å². The van der Waals surface area contributed by atoms with Gasteiger partial charge in [-0.15, -0.1) is 0 Å². The molecule has 1 N–H and O–H groups in total. The minimum Gasteiger partial charge on any atom is -0.443 e. The van der Waals surface area contributed by atoms with Crippen LogP contribution in [0.5, 0.6) is 0 Å². The molecule has 0 aliphatic carbocycles. The van der Waals surface area contributed by atoms with E-state index in [1.807, 2.05) is 18.2 Å². The van der Waals surface area contributed by atoms with Crippen molar-refractivity contribution in [3.63, 3.8) is 0 Å². The highest BCUT2D eigenvalue weighted by Crippen LogP contribution is 2.22. The molecule has 1 aromatic heterocycles. The Balaban J connectivity index is 1.66. The van der Waals surface area contributed by atoms with Crippen LogP contribution in [0.25, 0.3) is 17.2 Å². The molecule has 4 heteroatoms.